The van der Waals surface area contributed by atoms with Crippen molar-refractivity contribution < 1.29 is 0 Å². The molecule has 0 radical (unpaired) electrons. The molecule has 2 rings (SSSR count). The summed E-state index contributed by atoms with van der Waals surface area (Å²) >= 11 is 2.32. The van der Waals surface area contributed by atoms with Crippen LogP contribution < -0.4 is 11.3 Å². The molecular weight excluding hydrogens is 327 g/mol. The second kappa shape index (κ2) is 5.61. The van der Waals surface area contributed by atoms with Crippen molar-refractivity contribution in [2.24, 2.45) is 5.84 Å². The van der Waals surface area contributed by atoms with E-state index >= 15 is 0 Å². The number of halogens is 1. The van der Waals surface area contributed by atoms with Gasteiger partial charge in [0.15, 0.2) is 0 Å². The quantitative estimate of drug-likeness (QED) is 0.508. The first-order valence-corrected chi connectivity index (χ1v) is 6.57. The van der Waals surface area contributed by atoms with Crippen LogP contribution in [0.25, 0.3) is 0 Å². The summed E-state index contributed by atoms with van der Waals surface area (Å²) in [5, 5.41) is 0. The van der Waals surface area contributed by atoms with Gasteiger partial charge in [-0.15, -0.1) is 0 Å². The van der Waals surface area contributed by atoms with E-state index in [1.165, 1.54) is 3.57 Å². The zero-order valence-corrected chi connectivity index (χ0v) is 11.8. The van der Waals surface area contributed by atoms with Gasteiger partial charge in [0.2, 0.25) is 0 Å². The van der Waals surface area contributed by atoms with Gasteiger partial charge in [0, 0.05) is 22.5 Å². The molecule has 0 aliphatic carbocycles. The first-order valence-electron chi connectivity index (χ1n) is 5.49. The van der Waals surface area contributed by atoms with Crippen LogP contribution in [-0.4, -0.2) is 9.55 Å². The maximum Gasteiger partial charge on any atom is 0.131 e. The molecule has 4 nitrogen and oxygen atoms in total. The maximum absolute atomic E-state index is 5.68. The Hall–Kier alpha value is -0.920. The molecule has 0 spiro atoms. The summed E-state index contributed by atoms with van der Waals surface area (Å²) in [7, 11) is 0. The Morgan fingerprint density at radius 3 is 2.88 bits per heavy atom. The van der Waals surface area contributed by atoms with E-state index in [9.17, 15) is 0 Å². The molecule has 2 aromatic rings. The molecule has 0 aliphatic heterocycles. The van der Waals surface area contributed by atoms with Gasteiger partial charge in [0.1, 0.15) is 11.9 Å². The molecule has 1 aromatic carbocycles. The van der Waals surface area contributed by atoms with Gasteiger partial charge in [-0.2, -0.15) is 0 Å². The molecule has 0 bridgehead atoms. The molecule has 1 aromatic heterocycles. The highest BCUT2D eigenvalue weighted by Gasteiger charge is 2.19. The monoisotopic (exact) mass is 342 g/mol. The third-order valence-electron chi connectivity index (χ3n) is 2.73. The van der Waals surface area contributed by atoms with E-state index in [0.717, 1.165) is 17.9 Å². The molecule has 90 valence electrons. The van der Waals surface area contributed by atoms with Crippen molar-refractivity contribution in [3.05, 3.63) is 51.6 Å². The number of aryl methyl sites for hydroxylation is 1. The topological polar surface area (TPSA) is 55.9 Å². The number of hydrogen-bond donors (Lipinski definition) is 2. The number of aromatic nitrogens is 2. The highest BCUT2D eigenvalue weighted by atomic mass is 127. The maximum atomic E-state index is 5.68. The van der Waals surface area contributed by atoms with Crippen molar-refractivity contribution in [3.8, 4) is 0 Å². The minimum absolute atomic E-state index is 0.0713. The fraction of sp³-hybridized carbons (Fsp3) is 0.250. The summed E-state index contributed by atoms with van der Waals surface area (Å²) in [6.07, 6.45) is 3.77. The minimum Gasteiger partial charge on any atom is -0.334 e. The number of benzene rings is 1. The number of imidazole rings is 1. The second-order valence-electron chi connectivity index (χ2n) is 3.69. The van der Waals surface area contributed by atoms with Crippen LogP contribution in [0.2, 0.25) is 0 Å². The van der Waals surface area contributed by atoms with Gasteiger partial charge in [-0.25, -0.2) is 10.4 Å². The highest BCUT2D eigenvalue weighted by molar-refractivity contribution is 14.1. The van der Waals surface area contributed by atoms with Crippen LogP contribution in [0.1, 0.15) is 24.4 Å². The number of rotatable bonds is 4. The van der Waals surface area contributed by atoms with E-state index in [4.69, 9.17) is 5.84 Å². The predicted octanol–water partition coefficient (Wildman–Crippen LogP) is 2.06. The van der Waals surface area contributed by atoms with E-state index in [1.807, 2.05) is 18.3 Å². The lowest BCUT2D eigenvalue weighted by Gasteiger charge is -2.18. The number of nitrogens with one attached hydrogen (secondary N) is 1. The molecule has 1 atom stereocenters. The summed E-state index contributed by atoms with van der Waals surface area (Å²) in [5.74, 6) is 6.63. The normalized spacial score (nSPS) is 12.6. The minimum atomic E-state index is -0.0713. The van der Waals surface area contributed by atoms with E-state index in [2.05, 4.69) is 56.6 Å². The van der Waals surface area contributed by atoms with Gasteiger partial charge < -0.3 is 4.57 Å². The van der Waals surface area contributed by atoms with E-state index < -0.39 is 0 Å². The SMILES string of the molecule is CCn1ccnc1C(NN)c1ccccc1I. The van der Waals surface area contributed by atoms with Crippen LogP contribution in [0, 0.1) is 3.57 Å². The van der Waals surface area contributed by atoms with E-state index in [1.54, 1.807) is 6.20 Å². The lowest BCUT2D eigenvalue weighted by atomic mass is 10.1. The molecule has 0 saturated carbocycles. The van der Waals surface area contributed by atoms with Crippen molar-refractivity contribution in [3.63, 3.8) is 0 Å². The largest absolute Gasteiger partial charge is 0.334 e. The Balaban J connectivity index is 2.44. The van der Waals surface area contributed by atoms with Gasteiger partial charge in [-0.05, 0) is 41.1 Å². The Bertz CT molecular complexity index is 495. The molecule has 0 fully saturated rings. The fourth-order valence-corrected chi connectivity index (χ4v) is 2.56. The lowest BCUT2D eigenvalue weighted by Crippen LogP contribution is -2.31. The highest BCUT2D eigenvalue weighted by Crippen LogP contribution is 2.24. The molecule has 17 heavy (non-hydrogen) atoms. The number of nitrogens with two attached hydrogens (primary N) is 1. The molecule has 0 aliphatic rings. The van der Waals surface area contributed by atoms with Crippen molar-refractivity contribution >= 4 is 22.6 Å². The van der Waals surface area contributed by atoms with Gasteiger partial charge in [0.25, 0.3) is 0 Å². The van der Waals surface area contributed by atoms with Crippen LogP contribution in [0.5, 0.6) is 0 Å². The molecular formula is C12H15IN4. The first kappa shape index (κ1) is 12.5. The molecule has 0 saturated heterocycles. The van der Waals surface area contributed by atoms with Crippen LogP contribution >= 0.6 is 22.6 Å². The zero-order valence-electron chi connectivity index (χ0n) is 9.60. The first-order chi connectivity index (χ1) is 8.27. The van der Waals surface area contributed by atoms with Crippen molar-refractivity contribution in [2.75, 3.05) is 0 Å². The van der Waals surface area contributed by atoms with Gasteiger partial charge in [-0.1, -0.05) is 18.2 Å². The Morgan fingerprint density at radius 2 is 2.24 bits per heavy atom. The molecule has 5 heteroatoms. The van der Waals surface area contributed by atoms with Crippen molar-refractivity contribution in [1.29, 1.82) is 0 Å². The Kier molecular flexibility index (Phi) is 4.14. The predicted molar refractivity (Wildman–Crippen MR) is 76.2 cm³/mol. The van der Waals surface area contributed by atoms with E-state index in [0.29, 0.717) is 0 Å². The Labute approximate surface area is 114 Å². The molecule has 1 unspecified atom stereocenters. The smallest absolute Gasteiger partial charge is 0.131 e. The number of hydrogen-bond acceptors (Lipinski definition) is 3. The van der Waals surface area contributed by atoms with Crippen LogP contribution in [-0.2, 0) is 6.54 Å². The second-order valence-corrected chi connectivity index (χ2v) is 4.85. The van der Waals surface area contributed by atoms with Crippen molar-refractivity contribution in [2.45, 2.75) is 19.5 Å². The summed E-state index contributed by atoms with van der Waals surface area (Å²) < 4.78 is 3.27. The average Bonchev–Trinajstić information content (AvgIpc) is 2.81. The average molecular weight is 342 g/mol. The summed E-state index contributed by atoms with van der Waals surface area (Å²) in [5.41, 5.74) is 4.00. The van der Waals surface area contributed by atoms with Crippen LogP contribution in [0.15, 0.2) is 36.7 Å². The Morgan fingerprint density at radius 1 is 1.47 bits per heavy atom. The standard InChI is InChI=1S/C12H15IN4/c1-2-17-8-7-15-12(17)11(16-14)9-5-3-4-6-10(9)13/h3-8,11,16H,2,14H2,1H3. The summed E-state index contributed by atoms with van der Waals surface area (Å²) in [6.45, 7) is 2.98. The van der Waals surface area contributed by atoms with Crippen LogP contribution in [0.3, 0.4) is 0 Å². The molecule has 3 N–H and O–H groups in total. The molecule has 0 amide bonds. The third kappa shape index (κ3) is 2.51. The third-order valence-corrected chi connectivity index (χ3v) is 3.71. The summed E-state index contributed by atoms with van der Waals surface area (Å²) in [4.78, 5) is 4.39. The van der Waals surface area contributed by atoms with Crippen molar-refractivity contribution in [1.82, 2.24) is 15.0 Å². The van der Waals surface area contributed by atoms with E-state index in [-0.39, 0.29) is 6.04 Å². The zero-order chi connectivity index (χ0) is 12.3. The summed E-state index contributed by atoms with van der Waals surface area (Å²) in [6, 6.07) is 8.10. The van der Waals surface area contributed by atoms with Gasteiger partial charge in [0.05, 0.1) is 0 Å². The number of hydrazine groups is 1. The van der Waals surface area contributed by atoms with Crippen LogP contribution in [0.4, 0.5) is 0 Å². The van der Waals surface area contributed by atoms with Gasteiger partial charge in [-0.3, -0.25) is 5.84 Å². The fourth-order valence-electron chi connectivity index (χ4n) is 1.86. The van der Waals surface area contributed by atoms with Gasteiger partial charge >= 0.3 is 0 Å². The number of nitrogens with zero attached hydrogens (tertiary/aromatic N) is 2. The lowest BCUT2D eigenvalue weighted by molar-refractivity contribution is 0.559. The molecule has 1 heterocycles.